The molecule has 2 nitrogen and oxygen atoms in total. The molecule has 0 N–H and O–H groups in total. The molecule has 1 heterocycles. The maximum atomic E-state index is 5.70. The van der Waals surface area contributed by atoms with Gasteiger partial charge in [0.2, 0.25) is 0 Å². The highest BCUT2D eigenvalue weighted by Crippen LogP contribution is 2.44. The van der Waals surface area contributed by atoms with Gasteiger partial charge in [-0.3, -0.25) is 0 Å². The van der Waals surface area contributed by atoms with E-state index in [1.165, 1.54) is 43.4 Å². The first-order valence-corrected chi connectivity index (χ1v) is 11.8. The SMILES string of the molecule is CSC(=S)N1CC2(CCCCC2)CSC1=Nc1ccccc1C(C)C. The molecule has 0 aromatic heterocycles. The zero-order chi connectivity index (χ0) is 17.9. The minimum atomic E-state index is 0.430. The number of hydrogen-bond donors (Lipinski definition) is 0. The van der Waals surface area contributed by atoms with Crippen LogP contribution in [-0.2, 0) is 0 Å². The van der Waals surface area contributed by atoms with Gasteiger partial charge in [0.1, 0.15) is 4.32 Å². The second-order valence-corrected chi connectivity index (χ2v) is 9.90. The number of amidine groups is 1. The van der Waals surface area contributed by atoms with Gasteiger partial charge in [0, 0.05) is 12.3 Å². The number of para-hydroxylation sites is 1. The first-order chi connectivity index (χ1) is 12.0. The summed E-state index contributed by atoms with van der Waals surface area (Å²) in [5.74, 6) is 1.66. The first kappa shape index (κ1) is 19.2. The Morgan fingerprint density at radius 1 is 1.24 bits per heavy atom. The van der Waals surface area contributed by atoms with Gasteiger partial charge in [-0.2, -0.15) is 0 Å². The fraction of sp³-hybridized carbons (Fsp3) is 0.600. The standard InChI is InChI=1S/C20H28N2S3/c1-15(2)16-9-5-6-10-17(16)21-18-22(19(23)24-3)13-20(14-25-18)11-7-4-8-12-20/h5-6,9-10,15H,4,7-8,11-14H2,1-3H3. The Morgan fingerprint density at radius 2 is 1.96 bits per heavy atom. The van der Waals surface area contributed by atoms with E-state index in [0.717, 1.165) is 21.7 Å². The highest BCUT2D eigenvalue weighted by atomic mass is 32.2. The van der Waals surface area contributed by atoms with Crippen LogP contribution < -0.4 is 0 Å². The predicted molar refractivity (Wildman–Crippen MR) is 118 cm³/mol. The number of benzene rings is 1. The molecule has 1 aliphatic heterocycles. The highest BCUT2D eigenvalue weighted by Gasteiger charge is 2.40. The van der Waals surface area contributed by atoms with E-state index in [-0.39, 0.29) is 0 Å². The molecule has 2 fully saturated rings. The summed E-state index contributed by atoms with van der Waals surface area (Å²) in [5.41, 5.74) is 2.83. The summed E-state index contributed by atoms with van der Waals surface area (Å²) >= 11 is 9.28. The van der Waals surface area contributed by atoms with Crippen LogP contribution in [0, 0.1) is 5.41 Å². The van der Waals surface area contributed by atoms with Gasteiger partial charge >= 0.3 is 0 Å². The molecule has 3 rings (SSSR count). The molecule has 25 heavy (non-hydrogen) atoms. The van der Waals surface area contributed by atoms with Gasteiger partial charge in [-0.15, -0.1) is 0 Å². The van der Waals surface area contributed by atoms with Gasteiger partial charge < -0.3 is 4.90 Å². The summed E-state index contributed by atoms with van der Waals surface area (Å²) in [6.07, 6.45) is 8.87. The van der Waals surface area contributed by atoms with Crippen molar-refractivity contribution in [2.24, 2.45) is 10.4 Å². The Morgan fingerprint density at radius 3 is 2.64 bits per heavy atom. The lowest BCUT2D eigenvalue weighted by Gasteiger charge is -2.45. The predicted octanol–water partition coefficient (Wildman–Crippen LogP) is 6.44. The zero-order valence-electron chi connectivity index (χ0n) is 15.5. The average Bonchev–Trinajstić information content (AvgIpc) is 2.63. The first-order valence-electron chi connectivity index (χ1n) is 9.20. The number of aliphatic imine (C=N–C) groups is 1. The second kappa shape index (κ2) is 8.45. The Bertz CT molecular complexity index is 648. The molecule has 0 radical (unpaired) electrons. The molecule has 1 aromatic carbocycles. The normalized spacial score (nSPS) is 21.9. The Kier molecular flexibility index (Phi) is 6.50. The average molecular weight is 393 g/mol. The molecular formula is C20H28N2S3. The summed E-state index contributed by atoms with van der Waals surface area (Å²) in [5, 5.41) is 1.09. The molecule has 0 atom stereocenters. The van der Waals surface area contributed by atoms with E-state index >= 15 is 0 Å². The quantitative estimate of drug-likeness (QED) is 0.537. The fourth-order valence-corrected chi connectivity index (χ4v) is 5.80. The Labute approximate surface area is 166 Å². The van der Waals surface area contributed by atoms with Crippen LogP contribution in [0.4, 0.5) is 5.69 Å². The van der Waals surface area contributed by atoms with Gasteiger partial charge in [0.05, 0.1) is 5.69 Å². The van der Waals surface area contributed by atoms with Crippen molar-refractivity contribution in [1.29, 1.82) is 0 Å². The largest absolute Gasteiger partial charge is 0.306 e. The molecule has 136 valence electrons. The third-order valence-electron chi connectivity index (χ3n) is 5.32. The summed E-state index contributed by atoms with van der Waals surface area (Å²) in [7, 11) is 0. The van der Waals surface area contributed by atoms with E-state index in [9.17, 15) is 0 Å². The number of thiocarbonyl (C=S) groups is 1. The Hall–Kier alpha value is -0.520. The maximum absolute atomic E-state index is 5.70. The van der Waals surface area contributed by atoms with Gasteiger partial charge in [-0.25, -0.2) is 4.99 Å². The third-order valence-corrected chi connectivity index (χ3v) is 7.93. The Balaban J connectivity index is 1.91. The van der Waals surface area contributed by atoms with E-state index in [4.69, 9.17) is 17.2 Å². The maximum Gasteiger partial charge on any atom is 0.169 e. The number of nitrogens with zero attached hydrogens (tertiary/aromatic N) is 2. The van der Waals surface area contributed by atoms with Crippen LogP contribution in [0.25, 0.3) is 0 Å². The van der Waals surface area contributed by atoms with Crippen molar-refractivity contribution in [3.63, 3.8) is 0 Å². The van der Waals surface area contributed by atoms with Crippen LogP contribution in [0.5, 0.6) is 0 Å². The van der Waals surface area contributed by atoms with E-state index < -0.39 is 0 Å². The van der Waals surface area contributed by atoms with Gasteiger partial charge in [-0.1, -0.05) is 87.1 Å². The fourth-order valence-electron chi connectivity index (χ4n) is 3.87. The monoisotopic (exact) mass is 392 g/mol. The van der Waals surface area contributed by atoms with E-state index in [0.29, 0.717) is 11.3 Å². The second-order valence-electron chi connectivity index (χ2n) is 7.51. The van der Waals surface area contributed by atoms with Crippen LogP contribution in [0.2, 0.25) is 0 Å². The molecule has 0 amide bonds. The summed E-state index contributed by atoms with van der Waals surface area (Å²) in [6.45, 7) is 5.51. The van der Waals surface area contributed by atoms with Gasteiger partial charge in [0.15, 0.2) is 5.17 Å². The lowest BCUT2D eigenvalue weighted by molar-refractivity contribution is 0.194. The lowest BCUT2D eigenvalue weighted by Crippen LogP contribution is -2.48. The molecule has 1 saturated carbocycles. The van der Waals surface area contributed by atoms with Crippen molar-refractivity contribution in [3.05, 3.63) is 29.8 Å². The van der Waals surface area contributed by atoms with Gasteiger partial charge in [0.25, 0.3) is 0 Å². The minimum Gasteiger partial charge on any atom is -0.306 e. The molecule has 5 heteroatoms. The van der Waals surface area contributed by atoms with Crippen molar-refractivity contribution >= 4 is 50.9 Å². The summed E-state index contributed by atoms with van der Waals surface area (Å²) in [6, 6.07) is 8.51. The molecule has 0 unspecified atom stereocenters. The van der Waals surface area contributed by atoms with Crippen molar-refractivity contribution in [1.82, 2.24) is 4.90 Å². The van der Waals surface area contributed by atoms with Crippen LogP contribution >= 0.6 is 35.7 Å². The number of thioether (sulfide) groups is 2. The third kappa shape index (κ3) is 4.42. The van der Waals surface area contributed by atoms with Crippen molar-refractivity contribution in [2.45, 2.75) is 51.9 Å². The zero-order valence-corrected chi connectivity index (χ0v) is 17.9. The molecule has 2 aliphatic rings. The number of hydrogen-bond acceptors (Lipinski definition) is 4. The van der Waals surface area contributed by atoms with Gasteiger partial charge in [-0.05, 0) is 42.1 Å². The van der Waals surface area contributed by atoms with E-state index in [1.807, 2.05) is 11.8 Å². The molecular weight excluding hydrogens is 364 g/mol. The van der Waals surface area contributed by atoms with Crippen molar-refractivity contribution < 1.29 is 0 Å². The minimum absolute atomic E-state index is 0.430. The van der Waals surface area contributed by atoms with E-state index in [1.54, 1.807) is 11.8 Å². The molecule has 1 aliphatic carbocycles. The van der Waals surface area contributed by atoms with Crippen LogP contribution in [0.15, 0.2) is 29.3 Å². The van der Waals surface area contributed by atoms with Crippen molar-refractivity contribution in [3.8, 4) is 0 Å². The molecule has 1 saturated heterocycles. The smallest absolute Gasteiger partial charge is 0.169 e. The molecule has 1 aromatic rings. The topological polar surface area (TPSA) is 15.6 Å². The molecule has 0 bridgehead atoms. The highest BCUT2D eigenvalue weighted by molar-refractivity contribution is 8.23. The van der Waals surface area contributed by atoms with Crippen LogP contribution in [0.1, 0.15) is 57.4 Å². The lowest BCUT2D eigenvalue weighted by atomic mass is 9.75. The van der Waals surface area contributed by atoms with Crippen molar-refractivity contribution in [2.75, 3.05) is 18.6 Å². The summed E-state index contributed by atoms with van der Waals surface area (Å²) in [4.78, 5) is 7.39. The van der Waals surface area contributed by atoms with Crippen LogP contribution in [-0.4, -0.2) is 32.9 Å². The van der Waals surface area contributed by atoms with E-state index in [2.05, 4.69) is 49.3 Å². The number of rotatable bonds is 2. The molecule has 1 spiro atoms. The summed E-state index contributed by atoms with van der Waals surface area (Å²) < 4.78 is 0.956. The van der Waals surface area contributed by atoms with Crippen LogP contribution in [0.3, 0.4) is 0 Å².